The van der Waals surface area contributed by atoms with Crippen LogP contribution in [0.1, 0.15) is 69.2 Å². The molecule has 0 spiro atoms. The number of benzene rings is 3. The molecule has 0 saturated carbocycles. The maximum Gasteiger partial charge on any atom is 0.0609 e. The van der Waals surface area contributed by atoms with Crippen LogP contribution in [0.3, 0.4) is 0 Å². The van der Waals surface area contributed by atoms with Crippen LogP contribution in [0.5, 0.6) is 0 Å². The van der Waals surface area contributed by atoms with Crippen molar-refractivity contribution in [3.05, 3.63) is 101 Å². The molecule has 3 aromatic rings. The summed E-state index contributed by atoms with van der Waals surface area (Å²) in [5.41, 5.74) is 14.7. The molecule has 1 heterocycles. The van der Waals surface area contributed by atoms with E-state index in [0.717, 1.165) is 19.4 Å². The Morgan fingerprint density at radius 2 is 1.64 bits per heavy atom. The topological polar surface area (TPSA) is 18.5 Å². The summed E-state index contributed by atoms with van der Waals surface area (Å²) < 4.78 is 0. The number of anilines is 1. The van der Waals surface area contributed by atoms with Gasteiger partial charge in [0.2, 0.25) is 0 Å². The zero-order chi connectivity index (χ0) is 23.0. The van der Waals surface area contributed by atoms with Gasteiger partial charge in [-0.15, -0.1) is 5.53 Å². The van der Waals surface area contributed by atoms with E-state index in [1.54, 1.807) is 0 Å². The van der Waals surface area contributed by atoms with Crippen molar-refractivity contribution in [3.8, 4) is 11.1 Å². The molecule has 0 amide bonds. The van der Waals surface area contributed by atoms with Crippen LogP contribution >= 0.6 is 0 Å². The van der Waals surface area contributed by atoms with Crippen molar-refractivity contribution in [3.63, 3.8) is 0 Å². The molecule has 3 aromatic carbocycles. The molecular weight excluding hydrogens is 402 g/mol. The van der Waals surface area contributed by atoms with Crippen molar-refractivity contribution in [2.75, 3.05) is 5.01 Å². The first-order valence-corrected chi connectivity index (χ1v) is 12.3. The van der Waals surface area contributed by atoms with Crippen LogP contribution in [0.15, 0.2) is 78.6 Å². The number of rotatable bonds is 6. The molecule has 3 nitrogen and oxygen atoms in total. The van der Waals surface area contributed by atoms with E-state index in [-0.39, 0.29) is 5.41 Å². The summed E-state index contributed by atoms with van der Waals surface area (Å²) in [5, 5.41) is 4.50. The van der Waals surface area contributed by atoms with Gasteiger partial charge in [0.05, 0.1) is 12.2 Å². The summed E-state index contributed by atoms with van der Waals surface area (Å²) in [7, 11) is 0. The highest BCUT2D eigenvalue weighted by Gasteiger charge is 2.24. The average Bonchev–Trinajstić information content (AvgIpc) is 3.38. The Hall–Kier alpha value is -3.04. The molecule has 0 fully saturated rings. The highest BCUT2D eigenvalue weighted by Crippen LogP contribution is 2.38. The van der Waals surface area contributed by atoms with E-state index in [4.69, 9.17) is 0 Å². The second kappa shape index (κ2) is 8.72. The fraction of sp³-hybridized carbons (Fsp3) is 0.333. The second-order valence-corrected chi connectivity index (χ2v) is 10.4. The largest absolute Gasteiger partial charge is 0.289 e. The summed E-state index contributed by atoms with van der Waals surface area (Å²) in [4.78, 5) is 0. The number of fused-ring (bicyclic) bond motifs is 3. The molecule has 1 aliphatic carbocycles. The zero-order valence-electron chi connectivity index (χ0n) is 20.4. The summed E-state index contributed by atoms with van der Waals surface area (Å²) in [6.07, 6.45) is 6.77. The van der Waals surface area contributed by atoms with Crippen molar-refractivity contribution in [2.24, 2.45) is 0 Å². The Labute approximate surface area is 198 Å². The van der Waals surface area contributed by atoms with Gasteiger partial charge in [0.1, 0.15) is 0 Å². The van der Waals surface area contributed by atoms with E-state index >= 15 is 0 Å². The quantitative estimate of drug-likeness (QED) is 0.341. The van der Waals surface area contributed by atoms with E-state index in [1.165, 1.54) is 57.6 Å². The molecule has 0 aromatic heterocycles. The van der Waals surface area contributed by atoms with Crippen LogP contribution in [0, 0.1) is 0 Å². The van der Waals surface area contributed by atoms with Gasteiger partial charge in [-0.05, 0) is 70.2 Å². The lowest BCUT2D eigenvalue weighted by molar-refractivity contribution is 0.254. The van der Waals surface area contributed by atoms with Gasteiger partial charge in [-0.2, -0.15) is 0 Å². The van der Waals surface area contributed by atoms with E-state index < -0.39 is 0 Å². The second-order valence-electron chi connectivity index (χ2n) is 10.4. The maximum absolute atomic E-state index is 3.65. The van der Waals surface area contributed by atoms with E-state index in [9.17, 15) is 0 Å². The number of hydrogen-bond donors (Lipinski definition) is 1. The van der Waals surface area contributed by atoms with Crippen LogP contribution in [-0.4, -0.2) is 5.01 Å². The molecule has 3 heteroatoms. The number of hydrogen-bond acceptors (Lipinski definition) is 3. The highest BCUT2D eigenvalue weighted by atomic mass is 15.8. The van der Waals surface area contributed by atoms with Gasteiger partial charge in [0.25, 0.3) is 0 Å². The Morgan fingerprint density at radius 3 is 2.39 bits per heavy atom. The Bertz CT molecular complexity index is 1170. The molecule has 2 aliphatic rings. The van der Waals surface area contributed by atoms with Crippen LogP contribution in [-0.2, 0) is 18.4 Å². The number of hydrazine groups is 2. The van der Waals surface area contributed by atoms with Crippen LogP contribution in [0.25, 0.3) is 11.1 Å². The summed E-state index contributed by atoms with van der Waals surface area (Å²) in [5.74, 6) is 0. The van der Waals surface area contributed by atoms with Crippen molar-refractivity contribution in [1.29, 1.82) is 0 Å². The van der Waals surface area contributed by atoms with Gasteiger partial charge < -0.3 is 0 Å². The minimum absolute atomic E-state index is 0.181. The van der Waals surface area contributed by atoms with Gasteiger partial charge in [-0.25, -0.2) is 0 Å². The van der Waals surface area contributed by atoms with Crippen LogP contribution in [0.2, 0.25) is 0 Å². The Morgan fingerprint density at radius 1 is 0.879 bits per heavy atom. The first-order valence-electron chi connectivity index (χ1n) is 12.3. The van der Waals surface area contributed by atoms with Gasteiger partial charge in [-0.1, -0.05) is 88.7 Å². The minimum atomic E-state index is 0.181. The molecule has 5 rings (SSSR count). The highest BCUT2D eigenvalue weighted by molar-refractivity contribution is 5.78. The molecule has 0 atom stereocenters. The molecule has 1 N–H and O–H groups in total. The van der Waals surface area contributed by atoms with Crippen molar-refractivity contribution in [2.45, 2.75) is 65.3 Å². The van der Waals surface area contributed by atoms with Crippen LogP contribution < -0.4 is 10.5 Å². The molecule has 33 heavy (non-hydrogen) atoms. The number of unbranched alkanes of at least 4 members (excludes halogenated alkanes) is 1. The first kappa shape index (κ1) is 21.8. The molecular formula is C30H35N3. The normalized spacial score (nSPS) is 15.0. The number of allylic oxidation sites excluding steroid dienone is 1. The van der Waals surface area contributed by atoms with Gasteiger partial charge in [0.15, 0.2) is 0 Å². The molecule has 0 unspecified atom stereocenters. The average molecular weight is 438 g/mol. The molecule has 1 aliphatic heterocycles. The third kappa shape index (κ3) is 4.43. The molecule has 0 saturated heterocycles. The standard InChI is InChI=1S/C30H35N3/c1-5-6-10-27-21-33(31-32(27)20-22-12-14-25(15-13-22)30(2,3)4)26-16-17-29-24(19-26)18-23-9-7-8-11-28(23)29/h7-9,11-17,19,21,31H,5-6,10,18,20H2,1-4H3. The smallest absolute Gasteiger partial charge is 0.0609 e. The van der Waals surface area contributed by atoms with E-state index in [0.29, 0.717) is 0 Å². The van der Waals surface area contributed by atoms with Crippen LogP contribution in [0.4, 0.5) is 5.69 Å². The lowest BCUT2D eigenvalue weighted by Crippen LogP contribution is -2.40. The summed E-state index contributed by atoms with van der Waals surface area (Å²) >= 11 is 0. The lowest BCUT2D eigenvalue weighted by atomic mass is 9.87. The maximum atomic E-state index is 3.65. The summed E-state index contributed by atoms with van der Waals surface area (Å²) in [6, 6.07) is 24.7. The fourth-order valence-electron chi connectivity index (χ4n) is 4.84. The number of nitrogens with one attached hydrogen (secondary N) is 1. The fourth-order valence-corrected chi connectivity index (χ4v) is 4.84. The van der Waals surface area contributed by atoms with E-state index in [2.05, 4.69) is 116 Å². The summed E-state index contributed by atoms with van der Waals surface area (Å²) in [6.45, 7) is 9.91. The van der Waals surface area contributed by atoms with Crippen molar-refractivity contribution < 1.29 is 0 Å². The van der Waals surface area contributed by atoms with Gasteiger partial charge in [-0.3, -0.25) is 10.0 Å². The minimum Gasteiger partial charge on any atom is -0.289 e. The predicted octanol–water partition coefficient (Wildman–Crippen LogP) is 7.33. The SMILES string of the molecule is CCCCC1=CN(c2ccc3c(c2)Cc2ccccc2-3)NN1Cc1ccc(C(C)(C)C)cc1. The molecule has 170 valence electrons. The predicted molar refractivity (Wildman–Crippen MR) is 139 cm³/mol. The monoisotopic (exact) mass is 437 g/mol. The van der Waals surface area contributed by atoms with Gasteiger partial charge in [0, 0.05) is 11.9 Å². The third-order valence-electron chi connectivity index (χ3n) is 6.86. The van der Waals surface area contributed by atoms with E-state index in [1.807, 2.05) is 0 Å². The third-order valence-corrected chi connectivity index (χ3v) is 6.86. The zero-order valence-corrected chi connectivity index (χ0v) is 20.4. The Kier molecular flexibility index (Phi) is 5.76. The Balaban J connectivity index is 1.36. The van der Waals surface area contributed by atoms with Crippen molar-refractivity contribution in [1.82, 2.24) is 10.5 Å². The lowest BCUT2D eigenvalue weighted by Gasteiger charge is -2.26. The molecule has 0 radical (unpaired) electrons. The first-order chi connectivity index (χ1) is 15.9. The number of nitrogens with zero attached hydrogens (tertiary/aromatic N) is 2. The van der Waals surface area contributed by atoms with Crippen molar-refractivity contribution >= 4 is 5.69 Å². The molecule has 0 bridgehead atoms. The van der Waals surface area contributed by atoms with Gasteiger partial charge >= 0.3 is 0 Å².